The smallest absolute Gasteiger partial charge is 0.344 e. The molecule has 7 nitrogen and oxygen atoms in total. The van der Waals surface area contributed by atoms with E-state index in [0.29, 0.717) is 11.3 Å². The Kier molecular flexibility index (Phi) is 3.13. The minimum atomic E-state index is -0.554. The fourth-order valence-corrected chi connectivity index (χ4v) is 1.44. The first-order valence-electron chi connectivity index (χ1n) is 5.12. The van der Waals surface area contributed by atoms with Gasteiger partial charge in [0.15, 0.2) is 11.5 Å². The molecule has 2 N–H and O–H groups in total. The van der Waals surface area contributed by atoms with Gasteiger partial charge in [0.05, 0.1) is 13.3 Å². The van der Waals surface area contributed by atoms with Crippen LogP contribution in [-0.2, 0) is 4.79 Å². The number of amides is 3. The lowest BCUT2D eigenvalue weighted by atomic mass is 10.2. The van der Waals surface area contributed by atoms with E-state index in [0.717, 1.165) is 5.01 Å². The van der Waals surface area contributed by atoms with Gasteiger partial charge >= 0.3 is 6.03 Å². The zero-order valence-electron chi connectivity index (χ0n) is 9.58. The maximum absolute atomic E-state index is 11.2. The molecule has 2 rings (SSSR count). The van der Waals surface area contributed by atoms with Gasteiger partial charge in [-0.05, 0) is 23.8 Å². The molecule has 0 aliphatic carbocycles. The van der Waals surface area contributed by atoms with Crippen LogP contribution in [0.4, 0.5) is 4.79 Å². The van der Waals surface area contributed by atoms with Crippen molar-refractivity contribution in [1.29, 1.82) is 0 Å². The highest BCUT2D eigenvalue weighted by molar-refractivity contribution is 6.02. The molecule has 1 saturated heterocycles. The SMILES string of the molecule is COc1cc(/C=N/N2CC(=O)NC2=O)ccc1O. The molecule has 1 aromatic rings. The van der Waals surface area contributed by atoms with Gasteiger partial charge < -0.3 is 9.84 Å². The lowest BCUT2D eigenvalue weighted by Crippen LogP contribution is -2.24. The molecule has 0 bridgehead atoms. The summed E-state index contributed by atoms with van der Waals surface area (Å²) in [5, 5.41) is 16.4. The van der Waals surface area contributed by atoms with Crippen molar-refractivity contribution in [2.24, 2.45) is 5.10 Å². The largest absolute Gasteiger partial charge is 0.504 e. The second-order valence-corrected chi connectivity index (χ2v) is 3.59. The second kappa shape index (κ2) is 4.74. The van der Waals surface area contributed by atoms with Crippen molar-refractivity contribution in [3.05, 3.63) is 23.8 Å². The van der Waals surface area contributed by atoms with Crippen molar-refractivity contribution in [3.63, 3.8) is 0 Å². The standard InChI is InChI=1S/C11H11N3O4/c1-18-9-4-7(2-3-8(9)15)5-12-14-6-10(16)13-11(14)17/h2-5,15H,6H2,1H3,(H,13,16,17)/b12-5+. The average molecular weight is 249 g/mol. The summed E-state index contributed by atoms with van der Waals surface area (Å²) in [6, 6.07) is 4.07. The number of nitrogens with one attached hydrogen (secondary N) is 1. The summed E-state index contributed by atoms with van der Waals surface area (Å²) in [4.78, 5) is 22.1. The summed E-state index contributed by atoms with van der Waals surface area (Å²) in [7, 11) is 1.43. The van der Waals surface area contributed by atoms with Gasteiger partial charge in [0, 0.05) is 0 Å². The molecule has 1 aliphatic rings. The molecule has 18 heavy (non-hydrogen) atoms. The highest BCUT2D eigenvalue weighted by atomic mass is 16.5. The molecule has 0 atom stereocenters. The van der Waals surface area contributed by atoms with E-state index < -0.39 is 6.03 Å². The van der Waals surface area contributed by atoms with Crippen LogP contribution in [0.3, 0.4) is 0 Å². The molecule has 1 fully saturated rings. The Morgan fingerprint density at radius 1 is 1.50 bits per heavy atom. The predicted molar refractivity (Wildman–Crippen MR) is 62.5 cm³/mol. The number of methoxy groups -OCH3 is 1. The summed E-state index contributed by atoms with van der Waals surface area (Å²) in [6.07, 6.45) is 1.40. The van der Waals surface area contributed by atoms with Crippen molar-refractivity contribution in [2.75, 3.05) is 13.7 Å². The lowest BCUT2D eigenvalue weighted by molar-refractivity contribution is -0.118. The number of phenolic OH excluding ortho intramolecular Hbond substituents is 1. The zero-order chi connectivity index (χ0) is 13.1. The number of hydrogen-bond acceptors (Lipinski definition) is 5. The van der Waals surface area contributed by atoms with Gasteiger partial charge in [-0.15, -0.1) is 0 Å². The van der Waals surface area contributed by atoms with Gasteiger partial charge in [0.2, 0.25) is 5.91 Å². The highest BCUT2D eigenvalue weighted by Crippen LogP contribution is 2.25. The molecular formula is C11H11N3O4. The van der Waals surface area contributed by atoms with Crippen LogP contribution in [-0.4, -0.2) is 41.9 Å². The summed E-state index contributed by atoms with van der Waals surface area (Å²) >= 11 is 0. The van der Waals surface area contributed by atoms with Gasteiger partial charge in [-0.2, -0.15) is 5.10 Å². The van der Waals surface area contributed by atoms with Crippen molar-refractivity contribution < 1.29 is 19.4 Å². The van der Waals surface area contributed by atoms with Crippen molar-refractivity contribution in [1.82, 2.24) is 10.3 Å². The van der Waals surface area contributed by atoms with Gasteiger partial charge in [0.1, 0.15) is 6.54 Å². The predicted octanol–water partition coefficient (Wildman–Crippen LogP) is 0.286. The van der Waals surface area contributed by atoms with Gasteiger partial charge in [-0.3, -0.25) is 10.1 Å². The van der Waals surface area contributed by atoms with Crippen LogP contribution in [0.2, 0.25) is 0 Å². The Hall–Kier alpha value is -2.57. The first kappa shape index (κ1) is 11.9. The summed E-state index contributed by atoms with van der Waals surface area (Å²) in [6.45, 7) is -0.0927. The van der Waals surface area contributed by atoms with E-state index in [-0.39, 0.29) is 18.2 Å². The first-order valence-corrected chi connectivity index (χ1v) is 5.12. The van der Waals surface area contributed by atoms with E-state index in [1.165, 1.54) is 19.4 Å². The lowest BCUT2D eigenvalue weighted by Gasteiger charge is -2.06. The van der Waals surface area contributed by atoms with E-state index >= 15 is 0 Å². The summed E-state index contributed by atoms with van der Waals surface area (Å²) in [5.74, 6) is -0.0647. The highest BCUT2D eigenvalue weighted by Gasteiger charge is 2.25. The van der Waals surface area contributed by atoms with Gasteiger partial charge in [-0.1, -0.05) is 0 Å². The fraction of sp³-hybridized carbons (Fsp3) is 0.182. The molecule has 7 heteroatoms. The summed E-state index contributed by atoms with van der Waals surface area (Å²) < 4.78 is 4.94. The van der Waals surface area contributed by atoms with Gasteiger partial charge in [-0.25, -0.2) is 9.80 Å². The molecule has 0 radical (unpaired) electrons. The fourth-order valence-electron chi connectivity index (χ4n) is 1.44. The quantitative estimate of drug-likeness (QED) is 0.594. The van der Waals surface area contributed by atoms with E-state index in [2.05, 4.69) is 10.4 Å². The monoisotopic (exact) mass is 249 g/mol. The number of carbonyl (C=O) groups is 2. The number of ether oxygens (including phenoxy) is 1. The van der Waals surface area contributed by atoms with E-state index in [1.54, 1.807) is 12.1 Å². The van der Waals surface area contributed by atoms with Crippen LogP contribution in [0, 0.1) is 0 Å². The molecule has 0 aromatic heterocycles. The minimum Gasteiger partial charge on any atom is -0.504 e. The molecule has 1 heterocycles. The Morgan fingerprint density at radius 3 is 2.89 bits per heavy atom. The minimum absolute atomic E-state index is 0.0174. The maximum Gasteiger partial charge on any atom is 0.344 e. The molecule has 0 saturated carbocycles. The van der Waals surface area contributed by atoms with Crippen molar-refractivity contribution in [2.45, 2.75) is 0 Å². The summed E-state index contributed by atoms with van der Waals surface area (Å²) in [5.41, 5.74) is 0.636. The van der Waals surface area contributed by atoms with Crippen LogP contribution in [0.15, 0.2) is 23.3 Å². The third-order valence-corrected chi connectivity index (χ3v) is 2.32. The topological polar surface area (TPSA) is 91.2 Å². The van der Waals surface area contributed by atoms with Crippen LogP contribution in [0.25, 0.3) is 0 Å². The first-order chi connectivity index (χ1) is 8.60. The van der Waals surface area contributed by atoms with Gasteiger partial charge in [0.25, 0.3) is 0 Å². The van der Waals surface area contributed by atoms with Crippen LogP contribution < -0.4 is 10.1 Å². The number of hydrazone groups is 1. The number of carbonyl (C=O) groups excluding carboxylic acids is 2. The number of rotatable bonds is 3. The second-order valence-electron chi connectivity index (χ2n) is 3.59. The molecule has 3 amide bonds. The van der Waals surface area contributed by atoms with E-state index in [9.17, 15) is 14.7 Å². The van der Waals surface area contributed by atoms with Crippen LogP contribution in [0.5, 0.6) is 11.5 Å². The number of benzene rings is 1. The Balaban J connectivity index is 2.14. The number of aromatic hydroxyl groups is 1. The normalized spacial score (nSPS) is 15.3. The molecule has 1 aliphatic heterocycles. The Morgan fingerprint density at radius 2 is 2.28 bits per heavy atom. The number of imide groups is 1. The van der Waals surface area contributed by atoms with Crippen molar-refractivity contribution >= 4 is 18.2 Å². The Bertz CT molecular complexity index is 527. The zero-order valence-corrected chi connectivity index (χ0v) is 9.58. The number of nitrogens with zero attached hydrogens (tertiary/aromatic N) is 2. The van der Waals surface area contributed by atoms with Crippen molar-refractivity contribution in [3.8, 4) is 11.5 Å². The number of urea groups is 1. The maximum atomic E-state index is 11.2. The number of phenols is 1. The third kappa shape index (κ3) is 2.40. The van der Waals surface area contributed by atoms with E-state index in [4.69, 9.17) is 4.74 Å². The molecule has 94 valence electrons. The number of hydrogen-bond donors (Lipinski definition) is 2. The molecular weight excluding hydrogens is 238 g/mol. The molecule has 0 unspecified atom stereocenters. The van der Waals surface area contributed by atoms with E-state index in [1.807, 2.05) is 0 Å². The molecule has 1 aromatic carbocycles. The van der Waals surface area contributed by atoms with Crippen LogP contribution >= 0.6 is 0 Å². The molecule has 0 spiro atoms. The van der Waals surface area contributed by atoms with Crippen LogP contribution in [0.1, 0.15) is 5.56 Å². The Labute approximate surface area is 103 Å². The third-order valence-electron chi connectivity index (χ3n) is 2.32. The average Bonchev–Trinajstić information content (AvgIpc) is 2.67.